The number of piperazine rings is 1. The monoisotopic (exact) mass is 408 g/mol. The molecule has 1 amide bonds. The predicted molar refractivity (Wildman–Crippen MR) is 114 cm³/mol. The number of hydrogen-bond donors (Lipinski definition) is 0. The van der Waals surface area contributed by atoms with E-state index in [0.29, 0.717) is 32.1 Å². The zero-order valence-corrected chi connectivity index (χ0v) is 17.4. The second-order valence-corrected chi connectivity index (χ2v) is 7.93. The summed E-state index contributed by atoms with van der Waals surface area (Å²) in [5.41, 5.74) is 1.83. The average Bonchev–Trinajstić information content (AvgIpc) is 2.80. The Hall–Kier alpha value is -2.70. The van der Waals surface area contributed by atoms with Crippen molar-refractivity contribution in [2.24, 2.45) is 0 Å². The van der Waals surface area contributed by atoms with Gasteiger partial charge in [0.05, 0.1) is 5.54 Å². The van der Waals surface area contributed by atoms with Gasteiger partial charge in [-0.3, -0.25) is 9.69 Å². The number of Topliss-reactive ketones (excluding diaryl/α,β-unsaturated/α-hetero) is 1. The predicted octanol–water partition coefficient (Wildman–Crippen LogP) is 3.71. The molecule has 30 heavy (non-hydrogen) atoms. The molecule has 0 spiro atoms. The van der Waals surface area contributed by atoms with Gasteiger partial charge in [0.15, 0.2) is 5.78 Å². The maximum atomic E-state index is 12.5. The minimum Gasteiger partial charge on any atom is -0.410 e. The van der Waals surface area contributed by atoms with Crippen molar-refractivity contribution in [3.8, 4) is 5.75 Å². The highest BCUT2D eigenvalue weighted by Gasteiger charge is 2.41. The number of amides is 1. The van der Waals surface area contributed by atoms with E-state index < -0.39 is 0 Å². The summed E-state index contributed by atoms with van der Waals surface area (Å²) in [5.74, 6) is 0.643. The van der Waals surface area contributed by atoms with Gasteiger partial charge in [-0.25, -0.2) is 4.79 Å². The van der Waals surface area contributed by atoms with Crippen LogP contribution in [-0.4, -0.2) is 61.1 Å². The maximum Gasteiger partial charge on any atom is 0.415 e. The molecule has 0 N–H and O–H groups in total. The topological polar surface area (TPSA) is 59.1 Å². The van der Waals surface area contributed by atoms with Gasteiger partial charge >= 0.3 is 6.09 Å². The minimum atomic E-state index is -0.298. The molecule has 0 unspecified atom stereocenters. The fourth-order valence-electron chi connectivity index (χ4n) is 4.48. The molecule has 2 saturated heterocycles. The number of carbonyl (C=O) groups is 2. The zero-order chi connectivity index (χ0) is 21.0. The summed E-state index contributed by atoms with van der Waals surface area (Å²) in [6, 6.07) is 17.2. The molecule has 2 aromatic rings. The van der Waals surface area contributed by atoms with Gasteiger partial charge in [0, 0.05) is 45.0 Å². The van der Waals surface area contributed by atoms with E-state index in [1.807, 2.05) is 30.3 Å². The van der Waals surface area contributed by atoms with E-state index in [0.717, 1.165) is 31.5 Å². The van der Waals surface area contributed by atoms with Crippen molar-refractivity contribution < 1.29 is 19.1 Å². The normalized spacial score (nSPS) is 19.3. The Morgan fingerprint density at radius 1 is 0.900 bits per heavy atom. The van der Waals surface area contributed by atoms with Gasteiger partial charge in [-0.2, -0.15) is 0 Å². The van der Waals surface area contributed by atoms with Gasteiger partial charge in [-0.15, -0.1) is 0 Å². The van der Waals surface area contributed by atoms with Crippen LogP contribution in [0.5, 0.6) is 5.75 Å². The minimum absolute atomic E-state index is 0.0770. The summed E-state index contributed by atoms with van der Waals surface area (Å²) in [6.45, 7) is 5.82. The van der Waals surface area contributed by atoms with Crippen molar-refractivity contribution in [2.75, 3.05) is 39.4 Å². The average molecular weight is 408 g/mol. The number of ether oxygens (including phenoxy) is 2. The summed E-state index contributed by atoms with van der Waals surface area (Å²) in [5, 5.41) is 0. The smallest absolute Gasteiger partial charge is 0.410 e. The molecule has 4 rings (SSSR count). The Balaban J connectivity index is 1.46. The van der Waals surface area contributed by atoms with Crippen LogP contribution in [0.1, 0.15) is 35.7 Å². The quantitative estimate of drug-likeness (QED) is 0.722. The lowest BCUT2D eigenvalue weighted by Gasteiger charge is -2.49. The molecular weight excluding hydrogens is 380 g/mol. The maximum absolute atomic E-state index is 12.5. The van der Waals surface area contributed by atoms with Crippen LogP contribution < -0.4 is 4.74 Å². The van der Waals surface area contributed by atoms with Crippen LogP contribution in [-0.2, 0) is 10.3 Å². The van der Waals surface area contributed by atoms with E-state index in [1.165, 1.54) is 5.56 Å². The Kier molecular flexibility index (Phi) is 6.16. The van der Waals surface area contributed by atoms with E-state index in [1.54, 1.807) is 24.0 Å². The lowest BCUT2D eigenvalue weighted by atomic mass is 9.80. The first-order valence-corrected chi connectivity index (χ1v) is 10.5. The molecular formula is C24H28N2O4. The molecule has 0 atom stereocenters. The van der Waals surface area contributed by atoms with Gasteiger partial charge in [0.1, 0.15) is 5.75 Å². The van der Waals surface area contributed by atoms with E-state index >= 15 is 0 Å². The molecule has 0 radical (unpaired) electrons. The molecule has 2 aliphatic rings. The molecule has 2 aromatic carbocycles. The summed E-state index contributed by atoms with van der Waals surface area (Å²) >= 11 is 0. The Morgan fingerprint density at radius 3 is 2.13 bits per heavy atom. The van der Waals surface area contributed by atoms with Crippen LogP contribution in [0.25, 0.3) is 0 Å². The van der Waals surface area contributed by atoms with E-state index in [4.69, 9.17) is 9.47 Å². The van der Waals surface area contributed by atoms with Crippen LogP contribution >= 0.6 is 0 Å². The van der Waals surface area contributed by atoms with Crippen molar-refractivity contribution in [3.63, 3.8) is 0 Å². The van der Waals surface area contributed by atoms with Crippen LogP contribution in [0.15, 0.2) is 54.6 Å². The Bertz CT molecular complexity index is 868. The van der Waals surface area contributed by atoms with Crippen LogP contribution in [0, 0.1) is 0 Å². The number of benzene rings is 2. The molecule has 0 bridgehead atoms. The first-order valence-electron chi connectivity index (χ1n) is 10.5. The van der Waals surface area contributed by atoms with E-state index in [-0.39, 0.29) is 17.4 Å². The van der Waals surface area contributed by atoms with Gasteiger partial charge in [-0.05, 0) is 37.5 Å². The molecule has 2 heterocycles. The molecule has 6 heteroatoms. The Labute approximate surface area is 177 Å². The first-order chi connectivity index (χ1) is 14.6. The third kappa shape index (κ3) is 4.25. The number of carbonyl (C=O) groups excluding carboxylic acids is 2. The lowest BCUT2D eigenvalue weighted by Crippen LogP contribution is -2.58. The third-order valence-corrected chi connectivity index (χ3v) is 6.24. The molecule has 2 aliphatic heterocycles. The van der Waals surface area contributed by atoms with Gasteiger partial charge in [0.25, 0.3) is 0 Å². The SMILES string of the molecule is CC(=O)c1ccc(C2(N3CCN(C(=O)Oc4ccccc4)CC3)CCOCC2)cc1. The standard InChI is InChI=1S/C24H28N2O4/c1-19(27)20-7-9-21(10-8-20)24(11-17-29-18-12-24)26-15-13-25(14-16-26)23(28)30-22-5-3-2-4-6-22/h2-10H,11-18H2,1H3. The van der Waals surface area contributed by atoms with Gasteiger partial charge in [0.2, 0.25) is 0 Å². The summed E-state index contributed by atoms with van der Waals surface area (Å²) in [4.78, 5) is 28.5. The fourth-order valence-corrected chi connectivity index (χ4v) is 4.48. The number of hydrogen-bond acceptors (Lipinski definition) is 5. The van der Waals surface area contributed by atoms with Crippen LogP contribution in [0.4, 0.5) is 4.79 Å². The van der Waals surface area contributed by atoms with Gasteiger partial charge in [-0.1, -0.05) is 42.5 Å². The highest BCUT2D eigenvalue weighted by Crippen LogP contribution is 2.39. The lowest BCUT2D eigenvalue weighted by molar-refractivity contribution is -0.0483. The second kappa shape index (κ2) is 8.98. The molecule has 0 saturated carbocycles. The number of ketones is 1. The number of para-hydroxylation sites is 1. The van der Waals surface area contributed by atoms with E-state index in [9.17, 15) is 9.59 Å². The van der Waals surface area contributed by atoms with Gasteiger partial charge < -0.3 is 14.4 Å². The van der Waals surface area contributed by atoms with Crippen molar-refractivity contribution >= 4 is 11.9 Å². The third-order valence-electron chi connectivity index (χ3n) is 6.24. The molecule has 0 aromatic heterocycles. The zero-order valence-electron chi connectivity index (χ0n) is 17.4. The van der Waals surface area contributed by atoms with Crippen molar-refractivity contribution in [1.29, 1.82) is 0 Å². The largest absolute Gasteiger partial charge is 0.415 e. The van der Waals surface area contributed by atoms with Crippen molar-refractivity contribution in [2.45, 2.75) is 25.3 Å². The molecule has 0 aliphatic carbocycles. The summed E-state index contributed by atoms with van der Waals surface area (Å²) < 4.78 is 11.2. The number of rotatable bonds is 4. The Morgan fingerprint density at radius 2 is 1.53 bits per heavy atom. The van der Waals surface area contributed by atoms with Crippen LogP contribution in [0.2, 0.25) is 0 Å². The highest BCUT2D eigenvalue weighted by molar-refractivity contribution is 5.94. The molecule has 6 nitrogen and oxygen atoms in total. The van der Waals surface area contributed by atoms with Crippen molar-refractivity contribution in [1.82, 2.24) is 9.80 Å². The second-order valence-electron chi connectivity index (χ2n) is 7.93. The van der Waals surface area contributed by atoms with Crippen LogP contribution in [0.3, 0.4) is 0 Å². The fraction of sp³-hybridized carbons (Fsp3) is 0.417. The molecule has 2 fully saturated rings. The first kappa shape index (κ1) is 20.6. The van der Waals surface area contributed by atoms with E-state index in [2.05, 4.69) is 17.0 Å². The highest BCUT2D eigenvalue weighted by atomic mass is 16.6. The van der Waals surface area contributed by atoms with Crippen molar-refractivity contribution in [3.05, 3.63) is 65.7 Å². The summed E-state index contributed by atoms with van der Waals surface area (Å²) in [7, 11) is 0. The molecule has 158 valence electrons. The summed E-state index contributed by atoms with van der Waals surface area (Å²) in [6.07, 6.45) is 1.51. The number of nitrogens with zero attached hydrogens (tertiary/aromatic N) is 2.